The molecule has 0 radical (unpaired) electrons. The zero-order chi connectivity index (χ0) is 14.8. The molecule has 0 saturated heterocycles. The van der Waals surface area contributed by atoms with Gasteiger partial charge in [-0.3, -0.25) is 4.79 Å². The van der Waals surface area contributed by atoms with E-state index in [1.165, 1.54) is 7.11 Å². The molecule has 0 aromatic heterocycles. The molecule has 0 aromatic carbocycles. The number of ether oxygens (including phenoxy) is 5. The molecule has 8 heteroatoms. The lowest BCUT2D eigenvalue weighted by molar-refractivity contribution is -0.270. The first-order chi connectivity index (χ1) is 8.90. The maximum atomic E-state index is 12.2. The number of hydrogen-bond donors (Lipinski definition) is 1. The average Bonchev–Trinajstić information content (AvgIpc) is 2.62. The lowest BCUT2D eigenvalue weighted by atomic mass is 9.94. The van der Waals surface area contributed by atoms with Gasteiger partial charge in [-0.15, -0.1) is 0 Å². The average molecular weight is 276 g/mol. The third-order valence-electron chi connectivity index (χ3n) is 2.98. The molecule has 1 aliphatic carbocycles. The smallest absolute Gasteiger partial charge is 0.352 e. The Morgan fingerprint density at radius 2 is 1.58 bits per heavy atom. The first-order valence-electron chi connectivity index (χ1n) is 5.19. The Balaban J connectivity index is 3.62. The Bertz CT molecular complexity index is 422. The van der Waals surface area contributed by atoms with Crippen LogP contribution in [0.2, 0.25) is 0 Å². The van der Waals surface area contributed by atoms with E-state index < -0.39 is 28.9 Å². The van der Waals surface area contributed by atoms with Gasteiger partial charge in [0.05, 0.1) is 21.3 Å². The number of esters is 1. The molecule has 0 spiro atoms. The fraction of sp³-hybridized carbons (Fsp3) is 0.636. The van der Waals surface area contributed by atoms with Crippen LogP contribution in [-0.4, -0.2) is 63.8 Å². The molecule has 108 valence electrons. The monoisotopic (exact) mass is 276 g/mol. The second kappa shape index (κ2) is 5.16. The van der Waals surface area contributed by atoms with Gasteiger partial charge in [0.2, 0.25) is 5.76 Å². The van der Waals surface area contributed by atoms with Crippen LogP contribution in [0.4, 0.5) is 0 Å². The van der Waals surface area contributed by atoms with Gasteiger partial charge in [-0.05, 0) is 0 Å². The minimum Gasteiger partial charge on any atom is -0.493 e. The van der Waals surface area contributed by atoms with E-state index in [9.17, 15) is 14.7 Å². The van der Waals surface area contributed by atoms with E-state index in [-0.39, 0.29) is 5.76 Å². The minimum atomic E-state index is -2.59. The van der Waals surface area contributed by atoms with Crippen LogP contribution in [0.3, 0.4) is 0 Å². The zero-order valence-electron chi connectivity index (χ0n) is 11.3. The van der Waals surface area contributed by atoms with Crippen molar-refractivity contribution in [2.75, 3.05) is 35.5 Å². The molecule has 0 aromatic rings. The van der Waals surface area contributed by atoms with Crippen LogP contribution in [-0.2, 0) is 33.3 Å². The van der Waals surface area contributed by atoms with Gasteiger partial charge >= 0.3 is 5.97 Å². The van der Waals surface area contributed by atoms with Gasteiger partial charge < -0.3 is 28.8 Å². The van der Waals surface area contributed by atoms with E-state index >= 15 is 0 Å². The zero-order valence-corrected chi connectivity index (χ0v) is 11.3. The molecular formula is C11H16O8. The summed E-state index contributed by atoms with van der Waals surface area (Å²) < 4.78 is 24.1. The van der Waals surface area contributed by atoms with Crippen molar-refractivity contribution in [1.29, 1.82) is 0 Å². The van der Waals surface area contributed by atoms with Gasteiger partial charge in [0.15, 0.2) is 5.76 Å². The fourth-order valence-corrected chi connectivity index (χ4v) is 2.10. The van der Waals surface area contributed by atoms with Gasteiger partial charge in [0.1, 0.15) is 0 Å². The predicted molar refractivity (Wildman–Crippen MR) is 59.8 cm³/mol. The Morgan fingerprint density at radius 1 is 1.05 bits per heavy atom. The van der Waals surface area contributed by atoms with Gasteiger partial charge in [-0.1, -0.05) is 0 Å². The quantitative estimate of drug-likeness (QED) is 0.502. The van der Waals surface area contributed by atoms with E-state index in [2.05, 4.69) is 4.74 Å². The molecule has 0 amide bonds. The number of methoxy groups -OCH3 is 5. The Morgan fingerprint density at radius 3 is 1.89 bits per heavy atom. The number of carbonyl (C=O) groups is 2. The number of Topliss-reactive ketones (excluding diaryl/α,β-unsaturated/α-hetero) is 1. The normalized spacial score (nSPS) is 25.5. The molecule has 0 saturated carbocycles. The minimum absolute atomic E-state index is 0.376. The first-order valence-corrected chi connectivity index (χ1v) is 5.19. The van der Waals surface area contributed by atoms with Crippen molar-refractivity contribution in [2.24, 2.45) is 0 Å². The Kier molecular flexibility index (Phi) is 4.18. The second-order valence-corrected chi connectivity index (χ2v) is 3.62. The number of aliphatic hydroxyl groups is 1. The van der Waals surface area contributed by atoms with Crippen molar-refractivity contribution >= 4 is 11.8 Å². The van der Waals surface area contributed by atoms with Crippen LogP contribution >= 0.6 is 0 Å². The summed E-state index contributed by atoms with van der Waals surface area (Å²) in [5, 5.41) is 10.6. The van der Waals surface area contributed by atoms with Crippen molar-refractivity contribution < 1.29 is 38.4 Å². The summed E-state index contributed by atoms with van der Waals surface area (Å²) in [6.45, 7) is 0. The molecule has 8 nitrogen and oxygen atoms in total. The van der Waals surface area contributed by atoms with Crippen molar-refractivity contribution in [3.63, 3.8) is 0 Å². The summed E-state index contributed by atoms with van der Waals surface area (Å²) in [6, 6.07) is 0. The molecule has 1 rings (SSSR count). The first kappa shape index (κ1) is 15.4. The molecule has 1 N–H and O–H groups in total. The summed E-state index contributed by atoms with van der Waals surface area (Å²) >= 11 is 0. The molecule has 0 fully saturated rings. The number of rotatable bonds is 5. The van der Waals surface area contributed by atoms with Crippen LogP contribution in [0.5, 0.6) is 0 Å². The highest BCUT2D eigenvalue weighted by Gasteiger charge is 2.74. The molecule has 1 atom stereocenters. The summed E-state index contributed by atoms with van der Waals surface area (Å²) in [4.78, 5) is 24.1. The van der Waals surface area contributed by atoms with Crippen LogP contribution in [0.1, 0.15) is 0 Å². The second-order valence-electron chi connectivity index (χ2n) is 3.62. The van der Waals surface area contributed by atoms with E-state index in [1.54, 1.807) is 0 Å². The summed E-state index contributed by atoms with van der Waals surface area (Å²) in [5.74, 6) is -5.19. The highest BCUT2D eigenvalue weighted by atomic mass is 16.7. The van der Waals surface area contributed by atoms with Crippen LogP contribution < -0.4 is 0 Å². The standard InChI is InChI=1S/C11H16O8/c1-15-6-7(12)11(18-4,19-5)10(14,8(6)16-2)9(13)17-3/h14H,1-5H3. The molecular weight excluding hydrogens is 260 g/mol. The highest BCUT2D eigenvalue weighted by molar-refractivity contribution is 6.10. The van der Waals surface area contributed by atoms with Gasteiger partial charge in [0.25, 0.3) is 17.2 Å². The largest absolute Gasteiger partial charge is 0.493 e. The SMILES string of the molecule is COC(=O)C1(O)C(OC)=C(OC)C(=O)C1(OC)OC. The molecule has 1 aliphatic rings. The third kappa shape index (κ3) is 1.64. The van der Waals surface area contributed by atoms with E-state index in [4.69, 9.17) is 18.9 Å². The van der Waals surface area contributed by atoms with E-state index in [0.29, 0.717) is 0 Å². The Labute approximate surface area is 109 Å². The lowest BCUT2D eigenvalue weighted by Crippen LogP contribution is -2.63. The van der Waals surface area contributed by atoms with Gasteiger partial charge in [0, 0.05) is 14.2 Å². The van der Waals surface area contributed by atoms with Crippen molar-refractivity contribution in [3.05, 3.63) is 11.5 Å². The molecule has 0 aliphatic heterocycles. The summed E-state index contributed by atoms with van der Waals surface area (Å²) in [5.41, 5.74) is -2.59. The Hall–Kier alpha value is -1.64. The molecule has 1 unspecified atom stereocenters. The van der Waals surface area contributed by atoms with E-state index in [0.717, 1.165) is 28.4 Å². The van der Waals surface area contributed by atoms with Crippen molar-refractivity contribution in [1.82, 2.24) is 0 Å². The number of ketones is 1. The topological polar surface area (TPSA) is 101 Å². The lowest BCUT2D eigenvalue weighted by Gasteiger charge is -2.35. The van der Waals surface area contributed by atoms with Gasteiger partial charge in [-0.25, -0.2) is 4.79 Å². The maximum absolute atomic E-state index is 12.2. The van der Waals surface area contributed by atoms with Crippen molar-refractivity contribution in [2.45, 2.75) is 11.4 Å². The van der Waals surface area contributed by atoms with Gasteiger partial charge in [-0.2, -0.15) is 0 Å². The molecule has 0 heterocycles. The molecule has 19 heavy (non-hydrogen) atoms. The fourth-order valence-electron chi connectivity index (χ4n) is 2.10. The number of carbonyl (C=O) groups excluding carboxylic acids is 2. The number of hydrogen-bond acceptors (Lipinski definition) is 8. The maximum Gasteiger partial charge on any atom is 0.352 e. The summed E-state index contributed by atoms with van der Waals surface area (Å²) in [6.07, 6.45) is 0. The van der Waals surface area contributed by atoms with Crippen LogP contribution in [0, 0.1) is 0 Å². The highest BCUT2D eigenvalue weighted by Crippen LogP contribution is 2.45. The predicted octanol–water partition coefficient (Wildman–Crippen LogP) is -1.03. The van der Waals surface area contributed by atoms with Crippen LogP contribution in [0.25, 0.3) is 0 Å². The summed E-state index contributed by atoms with van der Waals surface area (Å²) in [7, 11) is 5.59. The molecule has 0 bridgehead atoms. The third-order valence-corrected chi connectivity index (χ3v) is 2.98. The van der Waals surface area contributed by atoms with Crippen molar-refractivity contribution in [3.8, 4) is 0 Å². The van der Waals surface area contributed by atoms with Crippen LogP contribution in [0.15, 0.2) is 11.5 Å². The van der Waals surface area contributed by atoms with E-state index in [1.807, 2.05) is 0 Å².